The lowest BCUT2D eigenvalue weighted by atomic mass is 10.2. The third-order valence-electron chi connectivity index (χ3n) is 2.99. The summed E-state index contributed by atoms with van der Waals surface area (Å²) < 4.78 is 6.42. The molecular formula is C15H17ClN4O2. The molecule has 0 radical (unpaired) electrons. The number of allylic oxidation sites excluding steroid dienone is 1. The van der Waals surface area contributed by atoms with Gasteiger partial charge in [-0.2, -0.15) is 4.98 Å². The molecule has 0 spiro atoms. The molecule has 1 aromatic carbocycles. The highest BCUT2D eigenvalue weighted by Gasteiger charge is 2.17. The lowest BCUT2D eigenvalue weighted by Gasteiger charge is -2.03. The Morgan fingerprint density at radius 3 is 2.68 bits per heavy atom. The average molecular weight is 321 g/mol. The molecule has 0 aliphatic heterocycles. The predicted octanol–water partition coefficient (Wildman–Crippen LogP) is 2.44. The van der Waals surface area contributed by atoms with Crippen molar-refractivity contribution in [1.82, 2.24) is 14.8 Å². The van der Waals surface area contributed by atoms with Crippen molar-refractivity contribution in [1.29, 1.82) is 0 Å². The van der Waals surface area contributed by atoms with Crippen molar-refractivity contribution in [3.63, 3.8) is 0 Å². The Bertz CT molecular complexity index is 695. The van der Waals surface area contributed by atoms with Crippen LogP contribution in [0.25, 0.3) is 5.57 Å². The lowest BCUT2D eigenvalue weighted by molar-refractivity contribution is -0.137. The Labute approximate surface area is 133 Å². The molecule has 0 fully saturated rings. The average Bonchev–Trinajstić information content (AvgIpc) is 2.88. The number of esters is 1. The molecular weight excluding hydrogens is 304 g/mol. The molecule has 0 amide bonds. The van der Waals surface area contributed by atoms with Gasteiger partial charge in [0.15, 0.2) is 5.82 Å². The fourth-order valence-electron chi connectivity index (χ4n) is 1.83. The molecule has 22 heavy (non-hydrogen) atoms. The minimum Gasteiger partial charge on any atom is -0.462 e. The lowest BCUT2D eigenvalue weighted by Crippen LogP contribution is -2.07. The summed E-state index contributed by atoms with van der Waals surface area (Å²) in [6.07, 6.45) is 0. The number of hydrogen-bond acceptors (Lipinski definition) is 5. The van der Waals surface area contributed by atoms with E-state index in [2.05, 4.69) is 10.1 Å². The standard InChI is InChI=1S/C15H17ClN4O2/c1-3-22-14(21)12(16)10(2)13-18-15(17)20(19-13)9-11-7-5-4-6-8-11/h4-8H,3,9H2,1-2H3,(H2,17,18,19)/b12-10-. The second-order valence-corrected chi connectivity index (χ2v) is 4.97. The summed E-state index contributed by atoms with van der Waals surface area (Å²) in [6.45, 7) is 4.10. The maximum atomic E-state index is 11.6. The normalized spacial score (nSPS) is 12.0. The number of anilines is 1. The Morgan fingerprint density at radius 1 is 1.36 bits per heavy atom. The van der Waals surface area contributed by atoms with E-state index in [4.69, 9.17) is 22.1 Å². The van der Waals surface area contributed by atoms with Gasteiger partial charge in [0.05, 0.1) is 13.2 Å². The summed E-state index contributed by atoms with van der Waals surface area (Å²) in [5.41, 5.74) is 7.34. The topological polar surface area (TPSA) is 83.0 Å². The SMILES string of the molecule is CCOC(=O)/C(Cl)=C(\C)c1nc(N)n(Cc2ccccc2)n1. The molecule has 0 atom stereocenters. The van der Waals surface area contributed by atoms with Crippen LogP contribution in [0.15, 0.2) is 35.4 Å². The molecule has 0 saturated carbocycles. The van der Waals surface area contributed by atoms with Gasteiger partial charge in [0, 0.05) is 5.57 Å². The summed E-state index contributed by atoms with van der Waals surface area (Å²) in [5, 5.41) is 4.26. The zero-order valence-electron chi connectivity index (χ0n) is 12.4. The molecule has 0 aliphatic rings. The number of carbonyl (C=O) groups is 1. The van der Waals surface area contributed by atoms with E-state index < -0.39 is 5.97 Å². The number of nitrogens with two attached hydrogens (primary N) is 1. The quantitative estimate of drug-likeness (QED) is 0.675. The molecule has 2 aromatic rings. The minimum atomic E-state index is -0.598. The van der Waals surface area contributed by atoms with Crippen molar-refractivity contribution in [3.05, 3.63) is 46.8 Å². The van der Waals surface area contributed by atoms with E-state index in [-0.39, 0.29) is 17.6 Å². The van der Waals surface area contributed by atoms with Gasteiger partial charge >= 0.3 is 5.97 Å². The Kier molecular flexibility index (Phi) is 5.16. The zero-order chi connectivity index (χ0) is 16.1. The number of benzene rings is 1. The van der Waals surface area contributed by atoms with Crippen LogP contribution in [0.3, 0.4) is 0 Å². The smallest absolute Gasteiger partial charge is 0.350 e. The molecule has 0 aliphatic carbocycles. The molecule has 0 bridgehead atoms. The number of nitrogens with zero attached hydrogens (tertiary/aromatic N) is 3. The van der Waals surface area contributed by atoms with Crippen LogP contribution in [0.5, 0.6) is 0 Å². The molecule has 0 saturated heterocycles. The maximum absolute atomic E-state index is 11.6. The maximum Gasteiger partial charge on any atom is 0.350 e. The second kappa shape index (κ2) is 7.09. The third kappa shape index (κ3) is 3.65. The summed E-state index contributed by atoms with van der Waals surface area (Å²) in [4.78, 5) is 15.8. The molecule has 0 unspecified atom stereocenters. The van der Waals surface area contributed by atoms with Gasteiger partial charge in [-0.15, -0.1) is 5.10 Å². The first-order chi connectivity index (χ1) is 10.5. The van der Waals surface area contributed by atoms with Crippen molar-refractivity contribution in [2.24, 2.45) is 0 Å². The highest BCUT2D eigenvalue weighted by molar-refractivity contribution is 6.44. The zero-order valence-corrected chi connectivity index (χ0v) is 13.2. The largest absolute Gasteiger partial charge is 0.462 e. The van der Waals surface area contributed by atoms with Gasteiger partial charge in [0.25, 0.3) is 0 Å². The molecule has 116 valence electrons. The van der Waals surface area contributed by atoms with Gasteiger partial charge < -0.3 is 10.5 Å². The van der Waals surface area contributed by atoms with Gasteiger partial charge in [-0.1, -0.05) is 41.9 Å². The molecule has 2 N–H and O–H groups in total. The minimum absolute atomic E-state index is 0.0429. The van der Waals surface area contributed by atoms with Crippen LogP contribution in [0.4, 0.5) is 5.95 Å². The molecule has 6 nitrogen and oxygen atoms in total. The van der Waals surface area contributed by atoms with Gasteiger partial charge in [0.2, 0.25) is 5.95 Å². The number of rotatable bonds is 5. The number of nitrogen functional groups attached to an aromatic ring is 1. The number of hydrogen-bond donors (Lipinski definition) is 1. The van der Waals surface area contributed by atoms with Gasteiger partial charge in [0.1, 0.15) is 5.03 Å². The van der Waals surface area contributed by atoms with E-state index in [0.29, 0.717) is 17.9 Å². The van der Waals surface area contributed by atoms with E-state index >= 15 is 0 Å². The number of ether oxygens (including phenoxy) is 1. The summed E-state index contributed by atoms with van der Waals surface area (Å²) in [5.74, 6) is -0.0299. The highest BCUT2D eigenvalue weighted by atomic mass is 35.5. The number of aromatic nitrogens is 3. The Hall–Kier alpha value is -2.34. The molecule has 2 rings (SSSR count). The van der Waals surface area contributed by atoms with Crippen molar-refractivity contribution in [2.75, 3.05) is 12.3 Å². The molecule has 1 aromatic heterocycles. The fraction of sp³-hybridized carbons (Fsp3) is 0.267. The first-order valence-corrected chi connectivity index (χ1v) is 7.18. The number of carbonyl (C=O) groups excluding carboxylic acids is 1. The van der Waals surface area contributed by atoms with Gasteiger partial charge in [-0.25, -0.2) is 9.48 Å². The van der Waals surface area contributed by atoms with Gasteiger partial charge in [-0.3, -0.25) is 0 Å². The van der Waals surface area contributed by atoms with E-state index in [0.717, 1.165) is 5.56 Å². The van der Waals surface area contributed by atoms with E-state index in [1.165, 1.54) is 0 Å². The van der Waals surface area contributed by atoms with Crippen molar-refractivity contribution >= 4 is 29.1 Å². The third-order valence-corrected chi connectivity index (χ3v) is 3.43. The van der Waals surface area contributed by atoms with Gasteiger partial charge in [-0.05, 0) is 19.4 Å². The van der Waals surface area contributed by atoms with Crippen LogP contribution in [0.2, 0.25) is 0 Å². The summed E-state index contributed by atoms with van der Waals surface area (Å²) in [7, 11) is 0. The van der Waals surface area contributed by atoms with E-state index in [9.17, 15) is 4.79 Å². The summed E-state index contributed by atoms with van der Waals surface area (Å²) in [6, 6.07) is 9.74. The van der Waals surface area contributed by atoms with Crippen LogP contribution < -0.4 is 5.73 Å². The van der Waals surface area contributed by atoms with Crippen LogP contribution in [-0.4, -0.2) is 27.3 Å². The first-order valence-electron chi connectivity index (χ1n) is 6.81. The van der Waals surface area contributed by atoms with Crippen molar-refractivity contribution < 1.29 is 9.53 Å². The monoisotopic (exact) mass is 320 g/mol. The van der Waals surface area contributed by atoms with Crippen LogP contribution in [0, 0.1) is 0 Å². The van der Waals surface area contributed by atoms with Crippen LogP contribution >= 0.6 is 11.6 Å². The van der Waals surface area contributed by atoms with Crippen LogP contribution in [-0.2, 0) is 16.1 Å². The van der Waals surface area contributed by atoms with Crippen molar-refractivity contribution in [2.45, 2.75) is 20.4 Å². The Balaban J connectivity index is 2.25. The van der Waals surface area contributed by atoms with Crippen molar-refractivity contribution in [3.8, 4) is 0 Å². The highest BCUT2D eigenvalue weighted by Crippen LogP contribution is 2.20. The fourth-order valence-corrected chi connectivity index (χ4v) is 1.97. The Morgan fingerprint density at radius 2 is 2.05 bits per heavy atom. The number of halogens is 1. The molecule has 7 heteroatoms. The van der Waals surface area contributed by atoms with E-state index in [1.807, 2.05) is 30.3 Å². The first kappa shape index (κ1) is 16.0. The summed E-state index contributed by atoms with van der Waals surface area (Å²) >= 11 is 5.99. The van der Waals surface area contributed by atoms with Crippen LogP contribution in [0.1, 0.15) is 25.2 Å². The van der Waals surface area contributed by atoms with E-state index in [1.54, 1.807) is 18.5 Å². The predicted molar refractivity (Wildman–Crippen MR) is 85.1 cm³/mol. The molecule has 1 heterocycles. The second-order valence-electron chi connectivity index (χ2n) is 4.60.